The SMILES string of the molecule is CCCCc1ccc(Oc2ccc(C(C)=O)cn2)cc1. The summed E-state index contributed by atoms with van der Waals surface area (Å²) in [6.45, 7) is 3.71. The number of aromatic nitrogens is 1. The minimum absolute atomic E-state index is 0.00401. The van der Waals surface area contributed by atoms with Gasteiger partial charge in [-0.25, -0.2) is 4.98 Å². The fourth-order valence-electron chi connectivity index (χ4n) is 1.87. The normalized spacial score (nSPS) is 10.3. The molecule has 0 saturated carbocycles. The maximum Gasteiger partial charge on any atom is 0.219 e. The third kappa shape index (κ3) is 3.92. The predicted molar refractivity (Wildman–Crippen MR) is 79.4 cm³/mol. The number of ketones is 1. The van der Waals surface area contributed by atoms with Crippen molar-refractivity contribution >= 4 is 5.78 Å². The molecule has 0 aliphatic carbocycles. The number of Topliss-reactive ketones (excluding diaryl/α,β-unsaturated/α-hetero) is 1. The van der Waals surface area contributed by atoms with Crippen LogP contribution >= 0.6 is 0 Å². The highest BCUT2D eigenvalue weighted by molar-refractivity contribution is 5.93. The van der Waals surface area contributed by atoms with Gasteiger partial charge in [0.05, 0.1) is 0 Å². The van der Waals surface area contributed by atoms with Crippen LogP contribution in [0.15, 0.2) is 42.6 Å². The summed E-state index contributed by atoms with van der Waals surface area (Å²) in [7, 11) is 0. The Morgan fingerprint density at radius 2 is 1.90 bits per heavy atom. The Bertz CT molecular complexity index is 559. The Balaban J connectivity index is 2.00. The second-order valence-corrected chi connectivity index (χ2v) is 4.79. The molecule has 0 unspecified atom stereocenters. The maximum atomic E-state index is 11.2. The minimum Gasteiger partial charge on any atom is -0.439 e. The Morgan fingerprint density at radius 1 is 1.15 bits per heavy atom. The Kier molecular flexibility index (Phi) is 4.88. The van der Waals surface area contributed by atoms with Gasteiger partial charge in [0.25, 0.3) is 0 Å². The molecule has 1 aromatic carbocycles. The van der Waals surface area contributed by atoms with Gasteiger partial charge >= 0.3 is 0 Å². The lowest BCUT2D eigenvalue weighted by Crippen LogP contribution is -1.94. The topological polar surface area (TPSA) is 39.2 Å². The second kappa shape index (κ2) is 6.85. The van der Waals surface area contributed by atoms with Crippen molar-refractivity contribution in [2.75, 3.05) is 0 Å². The van der Waals surface area contributed by atoms with Crippen LogP contribution in [0, 0.1) is 0 Å². The number of aryl methyl sites for hydroxylation is 1. The summed E-state index contributed by atoms with van der Waals surface area (Å²) in [5.41, 5.74) is 1.91. The zero-order chi connectivity index (χ0) is 14.4. The summed E-state index contributed by atoms with van der Waals surface area (Å²) < 4.78 is 5.65. The molecule has 0 amide bonds. The fourth-order valence-corrected chi connectivity index (χ4v) is 1.87. The molecule has 0 aliphatic rings. The number of benzene rings is 1. The van der Waals surface area contributed by atoms with Crippen molar-refractivity contribution in [2.24, 2.45) is 0 Å². The number of carbonyl (C=O) groups is 1. The molecule has 0 atom stereocenters. The molecule has 0 saturated heterocycles. The summed E-state index contributed by atoms with van der Waals surface area (Å²) in [5, 5.41) is 0. The van der Waals surface area contributed by atoms with E-state index in [2.05, 4.69) is 24.0 Å². The summed E-state index contributed by atoms with van der Waals surface area (Å²) in [4.78, 5) is 15.3. The van der Waals surface area contributed by atoms with Crippen LogP contribution in [0.5, 0.6) is 11.6 Å². The average Bonchev–Trinajstić information content (AvgIpc) is 2.47. The molecular weight excluding hydrogens is 250 g/mol. The molecule has 3 heteroatoms. The first-order valence-electron chi connectivity index (χ1n) is 6.93. The number of unbranched alkanes of at least 4 members (excludes halogenated alkanes) is 1. The molecule has 0 aliphatic heterocycles. The number of hydrogen-bond acceptors (Lipinski definition) is 3. The standard InChI is InChI=1S/C17H19NO2/c1-3-4-5-14-6-9-16(10-7-14)20-17-11-8-15(12-18-17)13(2)19/h6-12H,3-5H2,1-2H3. The lowest BCUT2D eigenvalue weighted by molar-refractivity contribution is 0.101. The zero-order valence-corrected chi connectivity index (χ0v) is 11.9. The Hall–Kier alpha value is -2.16. The molecule has 0 radical (unpaired) electrons. The second-order valence-electron chi connectivity index (χ2n) is 4.79. The predicted octanol–water partition coefficient (Wildman–Crippen LogP) is 4.42. The van der Waals surface area contributed by atoms with E-state index in [1.54, 1.807) is 12.1 Å². The number of ether oxygens (including phenoxy) is 1. The first kappa shape index (κ1) is 14.3. The highest BCUT2D eigenvalue weighted by Crippen LogP contribution is 2.20. The molecule has 1 heterocycles. The first-order chi connectivity index (χ1) is 9.69. The molecule has 0 bridgehead atoms. The van der Waals surface area contributed by atoms with E-state index in [1.807, 2.05) is 12.1 Å². The van der Waals surface area contributed by atoms with Gasteiger partial charge in [-0.1, -0.05) is 25.5 Å². The van der Waals surface area contributed by atoms with Crippen LogP contribution in [0.4, 0.5) is 0 Å². The van der Waals surface area contributed by atoms with Crippen LogP contribution in [0.1, 0.15) is 42.6 Å². The van der Waals surface area contributed by atoms with Gasteiger partial charge in [-0.15, -0.1) is 0 Å². The van der Waals surface area contributed by atoms with Gasteiger partial charge in [0.2, 0.25) is 5.88 Å². The smallest absolute Gasteiger partial charge is 0.219 e. The van der Waals surface area contributed by atoms with Gasteiger partial charge in [0.15, 0.2) is 5.78 Å². The third-order valence-corrected chi connectivity index (χ3v) is 3.11. The molecule has 0 spiro atoms. The van der Waals surface area contributed by atoms with E-state index < -0.39 is 0 Å². The number of nitrogens with zero attached hydrogens (tertiary/aromatic N) is 1. The van der Waals surface area contributed by atoms with Gasteiger partial charge in [-0.3, -0.25) is 4.79 Å². The molecule has 3 nitrogen and oxygen atoms in total. The molecule has 2 aromatic rings. The summed E-state index contributed by atoms with van der Waals surface area (Å²) in [5.74, 6) is 1.26. The quantitative estimate of drug-likeness (QED) is 0.729. The highest BCUT2D eigenvalue weighted by Gasteiger charge is 2.02. The number of rotatable bonds is 6. The Morgan fingerprint density at radius 3 is 2.45 bits per heavy atom. The highest BCUT2D eigenvalue weighted by atomic mass is 16.5. The van der Waals surface area contributed by atoms with E-state index in [9.17, 15) is 4.79 Å². The van der Waals surface area contributed by atoms with Crippen molar-refractivity contribution in [1.82, 2.24) is 4.98 Å². The van der Waals surface area contributed by atoms with Crippen LogP contribution in [0.2, 0.25) is 0 Å². The maximum absolute atomic E-state index is 11.2. The van der Waals surface area contributed by atoms with Crippen molar-refractivity contribution in [2.45, 2.75) is 33.1 Å². The van der Waals surface area contributed by atoms with Gasteiger partial charge in [-0.05, 0) is 43.5 Å². The van der Waals surface area contributed by atoms with Gasteiger partial charge < -0.3 is 4.74 Å². The molecule has 0 fully saturated rings. The average molecular weight is 269 g/mol. The largest absolute Gasteiger partial charge is 0.439 e. The third-order valence-electron chi connectivity index (χ3n) is 3.11. The molecule has 104 valence electrons. The van der Waals surface area contributed by atoms with Gasteiger partial charge in [0.1, 0.15) is 5.75 Å². The number of carbonyl (C=O) groups excluding carboxylic acids is 1. The zero-order valence-electron chi connectivity index (χ0n) is 11.9. The van der Waals surface area contributed by atoms with E-state index in [0.29, 0.717) is 11.4 Å². The van der Waals surface area contributed by atoms with Crippen LogP contribution in [-0.4, -0.2) is 10.8 Å². The summed E-state index contributed by atoms with van der Waals surface area (Å²) in [6, 6.07) is 11.5. The van der Waals surface area contributed by atoms with Crippen molar-refractivity contribution in [3.8, 4) is 11.6 Å². The van der Waals surface area contributed by atoms with Crippen molar-refractivity contribution in [1.29, 1.82) is 0 Å². The lowest BCUT2D eigenvalue weighted by atomic mass is 10.1. The van der Waals surface area contributed by atoms with Crippen LogP contribution in [0.3, 0.4) is 0 Å². The molecule has 0 N–H and O–H groups in total. The molecule has 1 aromatic heterocycles. The lowest BCUT2D eigenvalue weighted by Gasteiger charge is -2.06. The molecular formula is C17H19NO2. The van der Waals surface area contributed by atoms with E-state index >= 15 is 0 Å². The summed E-state index contributed by atoms with van der Waals surface area (Å²) in [6.07, 6.45) is 5.04. The van der Waals surface area contributed by atoms with Crippen LogP contribution in [-0.2, 0) is 6.42 Å². The fraction of sp³-hybridized carbons (Fsp3) is 0.294. The van der Waals surface area contributed by atoms with Crippen molar-refractivity contribution in [3.05, 3.63) is 53.7 Å². The van der Waals surface area contributed by atoms with Crippen LogP contribution in [0.25, 0.3) is 0 Å². The summed E-state index contributed by atoms with van der Waals surface area (Å²) >= 11 is 0. The minimum atomic E-state index is 0.00401. The molecule has 20 heavy (non-hydrogen) atoms. The first-order valence-corrected chi connectivity index (χ1v) is 6.93. The number of pyridine rings is 1. The van der Waals surface area contributed by atoms with E-state index in [0.717, 1.165) is 12.2 Å². The monoisotopic (exact) mass is 269 g/mol. The number of hydrogen-bond donors (Lipinski definition) is 0. The van der Waals surface area contributed by atoms with Crippen LogP contribution < -0.4 is 4.74 Å². The van der Waals surface area contributed by atoms with E-state index in [1.165, 1.54) is 31.5 Å². The molecule has 2 rings (SSSR count). The van der Waals surface area contributed by atoms with E-state index in [-0.39, 0.29) is 5.78 Å². The van der Waals surface area contributed by atoms with Crippen molar-refractivity contribution in [3.63, 3.8) is 0 Å². The van der Waals surface area contributed by atoms with Gasteiger partial charge in [0, 0.05) is 17.8 Å². The van der Waals surface area contributed by atoms with Crippen molar-refractivity contribution < 1.29 is 9.53 Å². The Labute approximate surface area is 119 Å². The van der Waals surface area contributed by atoms with E-state index in [4.69, 9.17) is 4.74 Å². The van der Waals surface area contributed by atoms with Gasteiger partial charge in [-0.2, -0.15) is 0 Å².